The predicted octanol–water partition coefficient (Wildman–Crippen LogP) is 5.26. The van der Waals surface area contributed by atoms with E-state index in [0.717, 1.165) is 58.9 Å². The van der Waals surface area contributed by atoms with Crippen molar-refractivity contribution in [3.05, 3.63) is 75.9 Å². The van der Waals surface area contributed by atoms with Gasteiger partial charge in [-0.15, -0.1) is 0 Å². The molecule has 0 radical (unpaired) electrons. The number of imidazole rings is 1. The third kappa shape index (κ3) is 5.70. The van der Waals surface area contributed by atoms with E-state index in [0.29, 0.717) is 37.5 Å². The number of carbonyl (C=O) groups excluding carboxylic acids is 1. The van der Waals surface area contributed by atoms with Crippen LogP contribution in [0.15, 0.2) is 53.6 Å². The van der Waals surface area contributed by atoms with Crippen LogP contribution in [0, 0.1) is 0 Å². The largest absolute Gasteiger partial charge is 0.383 e. The number of nitrogens with two attached hydrogens (primary N) is 1. The Hall–Kier alpha value is -4.10. The lowest BCUT2D eigenvalue weighted by atomic mass is 10.1. The highest BCUT2D eigenvalue weighted by molar-refractivity contribution is 6.07. The van der Waals surface area contributed by atoms with E-state index in [1.165, 1.54) is 0 Å². The SMILES string of the molecule is CCc1nc2nc(N)c3ccccc3c2n1Cc1ccc(CNC(=O)CCCCCN=[N+]=[N-])cc1. The van der Waals surface area contributed by atoms with Crippen LogP contribution in [0.1, 0.15) is 49.6 Å². The quantitative estimate of drug-likeness (QED) is 0.134. The Labute approximate surface area is 204 Å². The van der Waals surface area contributed by atoms with Gasteiger partial charge in [-0.3, -0.25) is 4.79 Å². The van der Waals surface area contributed by atoms with Crippen molar-refractivity contribution in [3.8, 4) is 0 Å². The smallest absolute Gasteiger partial charge is 0.220 e. The molecule has 0 aliphatic carbocycles. The lowest BCUT2D eigenvalue weighted by Gasteiger charge is -2.11. The maximum absolute atomic E-state index is 12.1. The molecule has 0 aliphatic heterocycles. The van der Waals surface area contributed by atoms with Crippen molar-refractivity contribution >= 4 is 33.7 Å². The lowest BCUT2D eigenvalue weighted by molar-refractivity contribution is -0.121. The molecule has 0 bridgehead atoms. The van der Waals surface area contributed by atoms with Gasteiger partial charge < -0.3 is 15.6 Å². The minimum Gasteiger partial charge on any atom is -0.383 e. The first kappa shape index (κ1) is 24.0. The maximum Gasteiger partial charge on any atom is 0.220 e. The number of amides is 1. The van der Waals surface area contributed by atoms with Crippen LogP contribution in [0.3, 0.4) is 0 Å². The number of nitrogen functional groups attached to an aromatic ring is 1. The van der Waals surface area contributed by atoms with Crippen molar-refractivity contribution in [2.24, 2.45) is 5.11 Å². The van der Waals surface area contributed by atoms with Gasteiger partial charge in [0.25, 0.3) is 0 Å². The van der Waals surface area contributed by atoms with Gasteiger partial charge in [-0.2, -0.15) is 0 Å². The second kappa shape index (κ2) is 11.4. The molecule has 2 heterocycles. The fourth-order valence-corrected chi connectivity index (χ4v) is 4.28. The van der Waals surface area contributed by atoms with E-state index in [2.05, 4.69) is 62.1 Å². The Kier molecular flexibility index (Phi) is 7.80. The summed E-state index contributed by atoms with van der Waals surface area (Å²) in [6, 6.07) is 16.3. The van der Waals surface area contributed by atoms with E-state index >= 15 is 0 Å². The lowest BCUT2D eigenvalue weighted by Crippen LogP contribution is -2.22. The van der Waals surface area contributed by atoms with Crippen molar-refractivity contribution in [2.75, 3.05) is 12.3 Å². The molecule has 0 aliphatic rings. The summed E-state index contributed by atoms with van der Waals surface area (Å²) < 4.78 is 2.23. The molecule has 9 heteroatoms. The van der Waals surface area contributed by atoms with Crippen LogP contribution >= 0.6 is 0 Å². The van der Waals surface area contributed by atoms with E-state index in [-0.39, 0.29) is 5.91 Å². The number of nitrogens with zero attached hydrogens (tertiary/aromatic N) is 6. The Bertz CT molecular complexity index is 1370. The van der Waals surface area contributed by atoms with E-state index < -0.39 is 0 Å². The molecule has 0 fully saturated rings. The minimum atomic E-state index is 0.0361. The summed E-state index contributed by atoms with van der Waals surface area (Å²) in [5.41, 5.74) is 18.3. The predicted molar refractivity (Wildman–Crippen MR) is 139 cm³/mol. The molecule has 4 rings (SSSR count). The Balaban J connectivity index is 1.42. The van der Waals surface area contributed by atoms with Crippen molar-refractivity contribution in [1.29, 1.82) is 0 Å². The summed E-state index contributed by atoms with van der Waals surface area (Å²) in [7, 11) is 0. The molecule has 0 atom stereocenters. The standard InChI is InChI=1S/C26H30N8O/c1-2-22-31-26-24(20-8-5-6-9-21(20)25(27)32-26)34(22)17-19-13-11-18(12-14-19)16-29-23(35)10-4-3-7-15-30-33-28/h5-6,8-9,11-14H,2-4,7,10,15-17H2,1H3,(H2,27,32)(H,29,35). The van der Waals surface area contributed by atoms with Crippen molar-refractivity contribution in [3.63, 3.8) is 0 Å². The third-order valence-electron chi connectivity index (χ3n) is 6.11. The Morgan fingerprint density at radius 3 is 2.54 bits per heavy atom. The second-order valence-electron chi connectivity index (χ2n) is 8.54. The monoisotopic (exact) mass is 470 g/mol. The van der Waals surface area contributed by atoms with Gasteiger partial charge >= 0.3 is 0 Å². The van der Waals surface area contributed by atoms with Crippen LogP contribution in [-0.2, 0) is 24.3 Å². The second-order valence-corrected chi connectivity index (χ2v) is 8.54. The highest BCUT2D eigenvalue weighted by Crippen LogP contribution is 2.29. The zero-order chi connectivity index (χ0) is 24.6. The van der Waals surface area contributed by atoms with Gasteiger partial charge in [0, 0.05) is 48.2 Å². The zero-order valence-electron chi connectivity index (χ0n) is 19.9. The molecule has 1 amide bonds. The van der Waals surface area contributed by atoms with Gasteiger partial charge in [0.2, 0.25) is 5.91 Å². The topological polar surface area (TPSA) is 135 Å². The number of benzene rings is 2. The van der Waals surface area contributed by atoms with Gasteiger partial charge in [0.05, 0.1) is 5.52 Å². The first-order valence-electron chi connectivity index (χ1n) is 12.0. The number of fused-ring (bicyclic) bond motifs is 3. The van der Waals surface area contributed by atoms with Crippen LogP contribution in [0.2, 0.25) is 0 Å². The van der Waals surface area contributed by atoms with Gasteiger partial charge in [-0.05, 0) is 29.5 Å². The average Bonchev–Trinajstić information content (AvgIpc) is 3.23. The van der Waals surface area contributed by atoms with Gasteiger partial charge in [0.15, 0.2) is 5.65 Å². The number of hydrogen-bond acceptors (Lipinski definition) is 5. The van der Waals surface area contributed by atoms with Gasteiger partial charge in [-0.25, -0.2) is 9.97 Å². The molecule has 180 valence electrons. The summed E-state index contributed by atoms with van der Waals surface area (Å²) in [5, 5.41) is 8.47. The molecular formula is C26H30N8O. The number of azide groups is 1. The summed E-state index contributed by atoms with van der Waals surface area (Å²) >= 11 is 0. The molecular weight excluding hydrogens is 440 g/mol. The van der Waals surface area contributed by atoms with Gasteiger partial charge in [0.1, 0.15) is 11.6 Å². The van der Waals surface area contributed by atoms with Crippen LogP contribution in [0.4, 0.5) is 5.82 Å². The van der Waals surface area contributed by atoms with Gasteiger partial charge in [-0.1, -0.05) is 67.0 Å². The number of unbranched alkanes of at least 4 members (excludes halogenated alkanes) is 2. The highest BCUT2D eigenvalue weighted by atomic mass is 16.1. The fraction of sp³-hybridized carbons (Fsp3) is 0.346. The number of pyridine rings is 1. The summed E-state index contributed by atoms with van der Waals surface area (Å²) in [5.74, 6) is 1.51. The van der Waals surface area contributed by atoms with Crippen LogP contribution in [0.25, 0.3) is 32.4 Å². The molecule has 0 saturated carbocycles. The molecule has 0 spiro atoms. The highest BCUT2D eigenvalue weighted by Gasteiger charge is 2.16. The third-order valence-corrected chi connectivity index (χ3v) is 6.11. The van der Waals surface area contributed by atoms with E-state index in [4.69, 9.17) is 16.2 Å². The molecule has 0 unspecified atom stereocenters. The Morgan fingerprint density at radius 2 is 1.80 bits per heavy atom. The number of rotatable bonds is 11. The number of aromatic nitrogens is 3. The molecule has 2 aromatic heterocycles. The molecule has 3 N–H and O–H groups in total. The summed E-state index contributed by atoms with van der Waals surface area (Å²) in [4.78, 5) is 24.1. The van der Waals surface area contributed by atoms with Crippen LogP contribution in [-0.4, -0.2) is 27.0 Å². The van der Waals surface area contributed by atoms with E-state index in [1.54, 1.807) is 0 Å². The normalized spacial score (nSPS) is 11.0. The molecule has 9 nitrogen and oxygen atoms in total. The number of hydrogen-bond donors (Lipinski definition) is 2. The summed E-state index contributed by atoms with van der Waals surface area (Å²) in [6.07, 6.45) is 3.75. The van der Waals surface area contributed by atoms with Crippen molar-refractivity contribution < 1.29 is 4.79 Å². The van der Waals surface area contributed by atoms with Crippen molar-refractivity contribution in [1.82, 2.24) is 19.9 Å². The molecule has 4 aromatic rings. The zero-order valence-corrected chi connectivity index (χ0v) is 19.9. The van der Waals surface area contributed by atoms with E-state index in [9.17, 15) is 4.79 Å². The van der Waals surface area contributed by atoms with E-state index in [1.807, 2.05) is 18.2 Å². The average molecular weight is 471 g/mol. The fourth-order valence-electron chi connectivity index (χ4n) is 4.28. The van der Waals surface area contributed by atoms with Crippen LogP contribution in [0.5, 0.6) is 0 Å². The summed E-state index contributed by atoms with van der Waals surface area (Å²) in [6.45, 7) is 3.76. The van der Waals surface area contributed by atoms with Crippen molar-refractivity contribution in [2.45, 2.75) is 52.1 Å². The minimum absolute atomic E-state index is 0.0361. The maximum atomic E-state index is 12.1. The number of carbonyl (C=O) groups is 1. The number of nitrogens with one attached hydrogen (secondary N) is 1. The molecule has 0 saturated heterocycles. The number of aryl methyl sites for hydroxylation is 1. The number of anilines is 1. The Morgan fingerprint density at radius 1 is 1.06 bits per heavy atom. The molecule has 35 heavy (non-hydrogen) atoms. The van der Waals surface area contributed by atoms with Crippen LogP contribution < -0.4 is 11.1 Å². The first-order chi connectivity index (χ1) is 17.1. The molecule has 2 aromatic carbocycles. The first-order valence-corrected chi connectivity index (χ1v) is 12.0.